The molecule has 0 fully saturated rings. The summed E-state index contributed by atoms with van der Waals surface area (Å²) in [5.74, 6) is 0.511. The standard InChI is InChI=1S/C10H9Cl2N3O2S/c1-15-9(13-14-10(15)18(12,16)17)6-7-2-4-8(11)5-3-7/h2-5H,6H2,1H3. The summed E-state index contributed by atoms with van der Waals surface area (Å²) in [4.78, 5) is 0. The second-order valence-corrected chi connectivity index (χ2v) is 6.60. The number of aromatic nitrogens is 3. The third-order valence-electron chi connectivity index (χ3n) is 2.42. The smallest absolute Gasteiger partial charge is 0.296 e. The molecule has 2 aromatic rings. The van der Waals surface area contributed by atoms with Gasteiger partial charge in [0.1, 0.15) is 5.82 Å². The second-order valence-electron chi connectivity index (χ2n) is 3.70. The van der Waals surface area contributed by atoms with Crippen molar-refractivity contribution < 1.29 is 8.42 Å². The Bertz CT molecular complexity index is 665. The lowest BCUT2D eigenvalue weighted by Crippen LogP contribution is -2.05. The van der Waals surface area contributed by atoms with E-state index in [0.29, 0.717) is 17.3 Å². The van der Waals surface area contributed by atoms with E-state index in [0.717, 1.165) is 5.56 Å². The van der Waals surface area contributed by atoms with Crippen LogP contribution in [0.15, 0.2) is 29.4 Å². The van der Waals surface area contributed by atoms with Gasteiger partial charge in [-0.15, -0.1) is 10.2 Å². The molecule has 0 atom stereocenters. The van der Waals surface area contributed by atoms with E-state index >= 15 is 0 Å². The zero-order valence-electron chi connectivity index (χ0n) is 9.34. The Kier molecular flexibility index (Phi) is 3.61. The van der Waals surface area contributed by atoms with Gasteiger partial charge in [-0.3, -0.25) is 0 Å². The SMILES string of the molecule is Cn1c(Cc2ccc(Cl)cc2)nnc1S(=O)(=O)Cl. The van der Waals surface area contributed by atoms with E-state index < -0.39 is 9.05 Å². The molecule has 0 N–H and O–H groups in total. The molecular formula is C10H9Cl2N3O2S. The lowest BCUT2D eigenvalue weighted by Gasteiger charge is -2.02. The van der Waals surface area contributed by atoms with Crippen LogP contribution in [0.4, 0.5) is 0 Å². The van der Waals surface area contributed by atoms with Crippen LogP contribution in [0.5, 0.6) is 0 Å². The Morgan fingerprint density at radius 3 is 2.33 bits per heavy atom. The summed E-state index contributed by atoms with van der Waals surface area (Å²) in [6.07, 6.45) is 0.451. The molecule has 8 heteroatoms. The second kappa shape index (κ2) is 4.87. The van der Waals surface area contributed by atoms with Gasteiger partial charge in [-0.25, -0.2) is 8.42 Å². The van der Waals surface area contributed by atoms with Gasteiger partial charge in [-0.1, -0.05) is 23.7 Å². The highest BCUT2D eigenvalue weighted by molar-refractivity contribution is 8.13. The molecule has 0 unspecified atom stereocenters. The van der Waals surface area contributed by atoms with Crippen molar-refractivity contribution in [2.45, 2.75) is 11.6 Å². The monoisotopic (exact) mass is 305 g/mol. The van der Waals surface area contributed by atoms with Gasteiger partial charge in [0, 0.05) is 29.2 Å². The van der Waals surface area contributed by atoms with E-state index in [1.165, 1.54) is 4.57 Å². The predicted molar refractivity (Wildman–Crippen MR) is 68.3 cm³/mol. The highest BCUT2D eigenvalue weighted by Gasteiger charge is 2.20. The number of benzene rings is 1. The average Bonchev–Trinajstić information content (AvgIpc) is 2.63. The molecule has 0 amide bonds. The molecule has 18 heavy (non-hydrogen) atoms. The van der Waals surface area contributed by atoms with Crippen LogP contribution >= 0.6 is 22.3 Å². The Morgan fingerprint density at radius 1 is 1.22 bits per heavy atom. The highest BCUT2D eigenvalue weighted by atomic mass is 35.7. The molecule has 5 nitrogen and oxygen atoms in total. The van der Waals surface area contributed by atoms with Gasteiger partial charge in [0.05, 0.1) is 0 Å². The first-order chi connectivity index (χ1) is 8.38. The maximum Gasteiger partial charge on any atom is 0.296 e. The number of halogens is 2. The van der Waals surface area contributed by atoms with Crippen LogP contribution in [0.2, 0.25) is 5.02 Å². The molecule has 96 valence electrons. The minimum atomic E-state index is -3.87. The van der Waals surface area contributed by atoms with Gasteiger partial charge in [-0.2, -0.15) is 0 Å². The quantitative estimate of drug-likeness (QED) is 0.813. The molecule has 0 spiro atoms. The van der Waals surface area contributed by atoms with Crippen molar-refractivity contribution in [3.63, 3.8) is 0 Å². The summed E-state index contributed by atoms with van der Waals surface area (Å²) in [6, 6.07) is 7.19. The predicted octanol–water partition coefficient (Wildman–Crippen LogP) is 1.99. The molecule has 1 aromatic carbocycles. The molecule has 0 aliphatic rings. The van der Waals surface area contributed by atoms with E-state index in [1.54, 1.807) is 19.2 Å². The molecule has 0 saturated carbocycles. The molecule has 0 bridgehead atoms. The summed E-state index contributed by atoms with van der Waals surface area (Å²) in [7, 11) is 2.92. The molecule has 0 saturated heterocycles. The minimum absolute atomic E-state index is 0.256. The summed E-state index contributed by atoms with van der Waals surface area (Å²) < 4.78 is 23.7. The van der Waals surface area contributed by atoms with E-state index in [2.05, 4.69) is 10.2 Å². The lowest BCUT2D eigenvalue weighted by molar-refractivity contribution is 0.591. The first kappa shape index (κ1) is 13.3. The van der Waals surface area contributed by atoms with Crippen LogP contribution in [-0.2, 0) is 22.5 Å². The van der Waals surface area contributed by atoms with E-state index in [-0.39, 0.29) is 5.16 Å². The highest BCUT2D eigenvalue weighted by Crippen LogP contribution is 2.16. The van der Waals surface area contributed by atoms with Crippen LogP contribution < -0.4 is 0 Å². The van der Waals surface area contributed by atoms with Crippen molar-refractivity contribution in [2.24, 2.45) is 7.05 Å². The normalized spacial score (nSPS) is 11.7. The number of hydrogen-bond acceptors (Lipinski definition) is 4. The summed E-state index contributed by atoms with van der Waals surface area (Å²) in [5, 5.41) is 7.77. The van der Waals surface area contributed by atoms with Crippen LogP contribution in [0, 0.1) is 0 Å². The van der Waals surface area contributed by atoms with E-state index in [4.69, 9.17) is 22.3 Å². The Balaban J connectivity index is 2.31. The minimum Gasteiger partial charge on any atom is -0.304 e. The maximum absolute atomic E-state index is 11.2. The van der Waals surface area contributed by atoms with Crippen molar-refractivity contribution in [2.75, 3.05) is 0 Å². The average molecular weight is 306 g/mol. The third kappa shape index (κ3) is 2.82. The zero-order valence-corrected chi connectivity index (χ0v) is 11.7. The fraction of sp³-hybridized carbons (Fsp3) is 0.200. The van der Waals surface area contributed by atoms with Crippen molar-refractivity contribution in [3.05, 3.63) is 40.7 Å². The molecule has 0 aliphatic carbocycles. The molecule has 1 aromatic heterocycles. The number of hydrogen-bond donors (Lipinski definition) is 0. The molecule has 2 rings (SSSR count). The van der Waals surface area contributed by atoms with E-state index in [9.17, 15) is 8.42 Å². The molecule has 0 radical (unpaired) electrons. The van der Waals surface area contributed by atoms with Gasteiger partial charge < -0.3 is 4.57 Å². The van der Waals surface area contributed by atoms with Crippen molar-refractivity contribution >= 4 is 31.3 Å². The van der Waals surface area contributed by atoms with Gasteiger partial charge in [0.25, 0.3) is 14.2 Å². The first-order valence-electron chi connectivity index (χ1n) is 4.95. The first-order valence-corrected chi connectivity index (χ1v) is 7.64. The van der Waals surface area contributed by atoms with Gasteiger partial charge in [0.2, 0.25) is 0 Å². The van der Waals surface area contributed by atoms with Gasteiger partial charge >= 0.3 is 0 Å². The molecular weight excluding hydrogens is 297 g/mol. The van der Waals surface area contributed by atoms with Crippen molar-refractivity contribution in [1.82, 2.24) is 14.8 Å². The largest absolute Gasteiger partial charge is 0.304 e. The Morgan fingerprint density at radius 2 is 1.83 bits per heavy atom. The van der Waals surface area contributed by atoms with Gasteiger partial charge in [0.15, 0.2) is 0 Å². The van der Waals surface area contributed by atoms with Crippen LogP contribution in [-0.4, -0.2) is 23.2 Å². The maximum atomic E-state index is 11.2. The van der Waals surface area contributed by atoms with Crippen LogP contribution in [0.1, 0.15) is 11.4 Å². The van der Waals surface area contributed by atoms with Crippen molar-refractivity contribution in [3.8, 4) is 0 Å². The van der Waals surface area contributed by atoms with Crippen LogP contribution in [0.3, 0.4) is 0 Å². The summed E-state index contributed by atoms with van der Waals surface area (Å²) in [6.45, 7) is 0. The topological polar surface area (TPSA) is 64.8 Å². The molecule has 1 heterocycles. The van der Waals surface area contributed by atoms with E-state index in [1.807, 2.05) is 12.1 Å². The number of rotatable bonds is 3. The Labute approximate surface area is 114 Å². The van der Waals surface area contributed by atoms with Gasteiger partial charge in [-0.05, 0) is 17.7 Å². The van der Waals surface area contributed by atoms with Crippen molar-refractivity contribution in [1.29, 1.82) is 0 Å². The zero-order chi connectivity index (χ0) is 13.3. The molecule has 0 aliphatic heterocycles. The fourth-order valence-corrected chi connectivity index (χ4v) is 2.60. The lowest BCUT2D eigenvalue weighted by atomic mass is 10.1. The third-order valence-corrected chi connectivity index (χ3v) is 3.88. The fourth-order valence-electron chi connectivity index (χ4n) is 1.50. The summed E-state index contributed by atoms with van der Waals surface area (Å²) >= 11 is 5.78. The van der Waals surface area contributed by atoms with Crippen LogP contribution in [0.25, 0.3) is 0 Å². The summed E-state index contributed by atoms with van der Waals surface area (Å²) in [5.41, 5.74) is 0.952. The number of nitrogens with zero attached hydrogens (tertiary/aromatic N) is 3. The Hall–Kier alpha value is -1.11.